The molecule has 0 heterocycles. The Morgan fingerprint density at radius 2 is 2.11 bits per heavy atom. The monoisotopic (exact) mass is 322 g/mol. The van der Waals surface area contributed by atoms with Gasteiger partial charge in [-0.2, -0.15) is 0 Å². The van der Waals surface area contributed by atoms with Crippen molar-refractivity contribution in [3.8, 4) is 0 Å². The van der Waals surface area contributed by atoms with Crippen molar-refractivity contribution in [2.45, 2.75) is 19.4 Å². The molecular weight excluding hydrogens is 307 g/mol. The van der Waals surface area contributed by atoms with E-state index in [4.69, 9.17) is 28.9 Å². The number of rotatable bonds is 5. The van der Waals surface area contributed by atoms with Gasteiger partial charge in [-0.05, 0) is 25.5 Å². The fraction of sp³-hybridized carbons (Fsp3) is 0.417. The second-order valence-corrected chi connectivity index (χ2v) is 6.64. The lowest BCUT2D eigenvalue weighted by atomic mass is 10.1. The molecule has 4 nitrogen and oxygen atoms in total. The van der Waals surface area contributed by atoms with E-state index in [9.17, 15) is 9.00 Å². The lowest BCUT2D eigenvalue weighted by Crippen LogP contribution is -2.33. The van der Waals surface area contributed by atoms with E-state index in [1.54, 1.807) is 6.26 Å². The van der Waals surface area contributed by atoms with Gasteiger partial charge in [0.2, 0.25) is 0 Å². The second-order valence-electron chi connectivity index (χ2n) is 4.30. The normalized spacial score (nSPS) is 13.9. The van der Waals surface area contributed by atoms with Gasteiger partial charge in [-0.15, -0.1) is 0 Å². The highest BCUT2D eigenvalue weighted by molar-refractivity contribution is 7.84. The number of hydrogen-bond donors (Lipinski definition) is 2. The third-order valence-corrected chi connectivity index (χ3v) is 4.12. The quantitative estimate of drug-likeness (QED) is 0.818. The Kier molecular flexibility index (Phi) is 6.10. The summed E-state index contributed by atoms with van der Waals surface area (Å²) < 4.78 is 11.0. The van der Waals surface area contributed by atoms with E-state index in [-0.39, 0.29) is 27.6 Å². The molecule has 2 unspecified atom stereocenters. The Bertz CT molecular complexity index is 509. The van der Waals surface area contributed by atoms with Crippen molar-refractivity contribution < 1.29 is 9.00 Å². The molecule has 0 aliphatic rings. The SMILES string of the molecule is CC(CCS(C)=O)NC(=O)c1cc(N)cc(Cl)c1Cl. The van der Waals surface area contributed by atoms with E-state index in [1.165, 1.54) is 12.1 Å². The zero-order chi connectivity index (χ0) is 14.6. The number of carbonyl (C=O) groups excluding carboxylic acids is 1. The largest absolute Gasteiger partial charge is 0.399 e. The van der Waals surface area contributed by atoms with Crippen LogP contribution in [0.4, 0.5) is 5.69 Å². The molecule has 7 heteroatoms. The maximum Gasteiger partial charge on any atom is 0.253 e. The fourth-order valence-corrected chi connectivity index (χ4v) is 2.60. The Morgan fingerprint density at radius 1 is 1.47 bits per heavy atom. The first-order valence-corrected chi connectivity index (χ1v) is 8.15. The van der Waals surface area contributed by atoms with Crippen molar-refractivity contribution in [1.29, 1.82) is 0 Å². The lowest BCUT2D eigenvalue weighted by molar-refractivity contribution is 0.0939. The first kappa shape index (κ1) is 16.3. The van der Waals surface area contributed by atoms with E-state index in [2.05, 4.69) is 5.32 Å². The predicted octanol–water partition coefficient (Wildman–Crippen LogP) is 2.46. The van der Waals surface area contributed by atoms with Gasteiger partial charge in [-0.25, -0.2) is 0 Å². The summed E-state index contributed by atoms with van der Waals surface area (Å²) >= 11 is 11.8. The standard InChI is InChI=1S/C12H16Cl2N2O2S/c1-7(3-4-19(2)18)16-12(17)9-5-8(15)6-10(13)11(9)14/h5-7H,3-4,15H2,1-2H3,(H,16,17). The molecular formula is C12H16Cl2N2O2S. The van der Waals surface area contributed by atoms with Gasteiger partial charge in [-0.3, -0.25) is 9.00 Å². The summed E-state index contributed by atoms with van der Waals surface area (Å²) in [4.78, 5) is 12.0. The van der Waals surface area contributed by atoms with E-state index in [1.807, 2.05) is 6.92 Å². The molecule has 0 fully saturated rings. The van der Waals surface area contributed by atoms with Crippen LogP contribution in [0.2, 0.25) is 10.0 Å². The van der Waals surface area contributed by atoms with Crippen molar-refractivity contribution in [1.82, 2.24) is 5.32 Å². The molecule has 19 heavy (non-hydrogen) atoms. The molecule has 2 atom stereocenters. The Labute approximate surface area is 125 Å². The van der Waals surface area contributed by atoms with Crippen LogP contribution in [0.5, 0.6) is 0 Å². The van der Waals surface area contributed by atoms with Crippen molar-refractivity contribution in [2.24, 2.45) is 0 Å². The van der Waals surface area contributed by atoms with E-state index in [0.29, 0.717) is 17.9 Å². The smallest absolute Gasteiger partial charge is 0.253 e. The van der Waals surface area contributed by atoms with Gasteiger partial charge in [0.1, 0.15) is 0 Å². The van der Waals surface area contributed by atoms with Gasteiger partial charge < -0.3 is 11.1 Å². The number of nitrogens with two attached hydrogens (primary N) is 1. The highest BCUT2D eigenvalue weighted by Crippen LogP contribution is 2.28. The first-order chi connectivity index (χ1) is 8.81. The highest BCUT2D eigenvalue weighted by atomic mass is 35.5. The van der Waals surface area contributed by atoms with Crippen LogP contribution >= 0.6 is 23.2 Å². The zero-order valence-corrected chi connectivity index (χ0v) is 13.0. The van der Waals surface area contributed by atoms with E-state index >= 15 is 0 Å². The summed E-state index contributed by atoms with van der Waals surface area (Å²) in [6.07, 6.45) is 2.26. The topological polar surface area (TPSA) is 72.2 Å². The van der Waals surface area contributed by atoms with Crippen molar-refractivity contribution in [2.75, 3.05) is 17.7 Å². The maximum atomic E-state index is 12.0. The Balaban J connectivity index is 2.76. The molecule has 0 radical (unpaired) electrons. The number of amides is 1. The van der Waals surface area contributed by atoms with Crippen LogP contribution in [0.3, 0.4) is 0 Å². The predicted molar refractivity (Wildman–Crippen MR) is 81.4 cm³/mol. The van der Waals surface area contributed by atoms with Crippen LogP contribution < -0.4 is 11.1 Å². The molecule has 0 saturated heterocycles. The first-order valence-electron chi connectivity index (χ1n) is 5.66. The van der Waals surface area contributed by atoms with Crippen LogP contribution in [-0.2, 0) is 10.8 Å². The fourth-order valence-electron chi connectivity index (χ4n) is 1.49. The average molecular weight is 323 g/mol. The molecule has 0 aliphatic heterocycles. The second kappa shape index (κ2) is 7.12. The molecule has 3 N–H and O–H groups in total. The molecule has 0 bridgehead atoms. The summed E-state index contributed by atoms with van der Waals surface area (Å²) in [5, 5.41) is 3.20. The molecule has 106 valence electrons. The Morgan fingerprint density at radius 3 is 2.68 bits per heavy atom. The third-order valence-electron chi connectivity index (χ3n) is 2.51. The zero-order valence-electron chi connectivity index (χ0n) is 10.7. The molecule has 1 rings (SSSR count). The minimum Gasteiger partial charge on any atom is -0.399 e. The van der Waals surface area contributed by atoms with Crippen LogP contribution in [0.1, 0.15) is 23.7 Å². The van der Waals surface area contributed by atoms with Gasteiger partial charge in [0.05, 0.1) is 15.6 Å². The number of carbonyl (C=O) groups is 1. The molecule has 1 aromatic carbocycles. The van der Waals surface area contributed by atoms with E-state index < -0.39 is 10.8 Å². The van der Waals surface area contributed by atoms with Gasteiger partial charge in [0.15, 0.2) is 0 Å². The van der Waals surface area contributed by atoms with Crippen molar-refractivity contribution in [3.05, 3.63) is 27.7 Å². The van der Waals surface area contributed by atoms with Crippen LogP contribution in [-0.4, -0.2) is 28.2 Å². The minimum absolute atomic E-state index is 0.104. The summed E-state index contributed by atoms with van der Waals surface area (Å²) in [5.41, 5.74) is 6.26. The van der Waals surface area contributed by atoms with Crippen molar-refractivity contribution >= 4 is 45.6 Å². The third kappa shape index (κ3) is 5.01. The summed E-state index contributed by atoms with van der Waals surface area (Å²) in [7, 11) is -0.876. The van der Waals surface area contributed by atoms with Crippen LogP contribution in [0, 0.1) is 0 Å². The highest BCUT2D eigenvalue weighted by Gasteiger charge is 2.16. The number of benzene rings is 1. The van der Waals surface area contributed by atoms with Gasteiger partial charge in [0, 0.05) is 34.5 Å². The number of anilines is 1. The number of nitrogen functional groups attached to an aromatic ring is 1. The Hall–Kier alpha value is -0.780. The van der Waals surface area contributed by atoms with Crippen LogP contribution in [0.25, 0.3) is 0 Å². The van der Waals surface area contributed by atoms with Gasteiger partial charge in [-0.1, -0.05) is 23.2 Å². The van der Waals surface area contributed by atoms with Gasteiger partial charge >= 0.3 is 0 Å². The molecule has 0 saturated carbocycles. The van der Waals surface area contributed by atoms with E-state index in [0.717, 1.165) is 0 Å². The summed E-state index contributed by atoms with van der Waals surface area (Å²) in [6, 6.07) is 2.87. The minimum atomic E-state index is -0.876. The molecule has 0 spiro atoms. The number of hydrogen-bond acceptors (Lipinski definition) is 3. The summed E-state index contributed by atoms with van der Waals surface area (Å²) in [5.74, 6) is 0.195. The number of halogens is 2. The molecule has 1 aromatic rings. The lowest BCUT2D eigenvalue weighted by Gasteiger charge is -2.14. The maximum absolute atomic E-state index is 12.0. The van der Waals surface area contributed by atoms with Gasteiger partial charge in [0.25, 0.3) is 5.91 Å². The molecule has 0 aliphatic carbocycles. The average Bonchev–Trinajstić information content (AvgIpc) is 2.31. The summed E-state index contributed by atoms with van der Waals surface area (Å²) in [6.45, 7) is 1.84. The molecule has 1 amide bonds. The number of nitrogens with one attached hydrogen (secondary N) is 1. The van der Waals surface area contributed by atoms with Crippen LogP contribution in [0.15, 0.2) is 12.1 Å². The van der Waals surface area contributed by atoms with Crippen molar-refractivity contribution in [3.63, 3.8) is 0 Å². The molecule has 0 aromatic heterocycles.